The highest BCUT2D eigenvalue weighted by Crippen LogP contribution is 2.34. The van der Waals surface area contributed by atoms with Crippen LogP contribution < -0.4 is 5.56 Å². The predicted octanol–water partition coefficient (Wildman–Crippen LogP) is 3.19. The van der Waals surface area contributed by atoms with E-state index in [1.165, 1.54) is 4.68 Å². The summed E-state index contributed by atoms with van der Waals surface area (Å²) in [5.74, 6) is 0.0137. The number of carbonyl (C=O) groups is 1. The van der Waals surface area contributed by atoms with E-state index in [1.807, 2.05) is 61.2 Å². The van der Waals surface area contributed by atoms with Gasteiger partial charge in [0.25, 0.3) is 11.5 Å². The van der Waals surface area contributed by atoms with Crippen molar-refractivity contribution in [2.75, 3.05) is 33.2 Å². The number of piperazine rings is 1. The maximum atomic E-state index is 13.2. The molecule has 3 aromatic heterocycles. The molecule has 174 valence electrons. The lowest BCUT2D eigenvalue weighted by molar-refractivity contribution is 0.0663. The van der Waals surface area contributed by atoms with Crippen LogP contribution >= 0.6 is 0 Å². The average Bonchev–Trinajstić information content (AvgIpc) is 3.23. The molecule has 0 radical (unpaired) electrons. The van der Waals surface area contributed by atoms with Crippen molar-refractivity contribution in [1.82, 2.24) is 29.2 Å². The van der Waals surface area contributed by atoms with E-state index in [0.29, 0.717) is 24.3 Å². The van der Waals surface area contributed by atoms with E-state index in [2.05, 4.69) is 17.0 Å². The Morgan fingerprint density at radius 1 is 0.912 bits per heavy atom. The summed E-state index contributed by atoms with van der Waals surface area (Å²) in [5, 5.41) is 9.53. The first-order valence-corrected chi connectivity index (χ1v) is 11.6. The summed E-state index contributed by atoms with van der Waals surface area (Å²) in [4.78, 5) is 29.6. The maximum absolute atomic E-state index is 13.2. The van der Waals surface area contributed by atoms with Gasteiger partial charge in [0, 0.05) is 44.0 Å². The number of carbonyl (C=O) groups excluding carboxylic acids is 1. The molecule has 4 heterocycles. The molecule has 0 saturated carbocycles. The third-order valence-corrected chi connectivity index (χ3v) is 6.28. The lowest BCUT2D eigenvalue weighted by atomic mass is 10.0. The normalized spacial score (nSPS) is 14.8. The molecule has 5 rings (SSSR count). The van der Waals surface area contributed by atoms with Gasteiger partial charge in [-0.3, -0.25) is 9.59 Å². The van der Waals surface area contributed by atoms with E-state index < -0.39 is 0 Å². The van der Waals surface area contributed by atoms with Gasteiger partial charge in [-0.05, 0) is 39.1 Å². The van der Waals surface area contributed by atoms with Gasteiger partial charge in [0.2, 0.25) is 0 Å². The van der Waals surface area contributed by atoms with Crippen molar-refractivity contribution >= 4 is 11.4 Å². The first-order valence-electron chi connectivity index (χ1n) is 11.6. The van der Waals surface area contributed by atoms with Crippen LogP contribution in [0.4, 0.5) is 0 Å². The monoisotopic (exact) mass is 456 g/mol. The fourth-order valence-corrected chi connectivity index (χ4v) is 4.35. The second-order valence-corrected chi connectivity index (χ2v) is 9.03. The fraction of sp³-hybridized carbons (Fsp3) is 0.308. The lowest BCUT2D eigenvalue weighted by Crippen LogP contribution is -2.47. The fourth-order valence-electron chi connectivity index (χ4n) is 4.35. The maximum Gasteiger partial charge on any atom is 0.267 e. The van der Waals surface area contributed by atoms with Gasteiger partial charge in [0.1, 0.15) is 5.69 Å². The van der Waals surface area contributed by atoms with E-state index in [4.69, 9.17) is 5.10 Å². The zero-order valence-corrected chi connectivity index (χ0v) is 19.7. The van der Waals surface area contributed by atoms with E-state index in [-0.39, 0.29) is 17.5 Å². The van der Waals surface area contributed by atoms with Gasteiger partial charge >= 0.3 is 0 Å². The molecule has 8 heteroatoms. The Morgan fingerprint density at radius 3 is 2.35 bits per heavy atom. The summed E-state index contributed by atoms with van der Waals surface area (Å²) in [7, 11) is 2.07. The lowest BCUT2D eigenvalue weighted by Gasteiger charge is -2.32. The summed E-state index contributed by atoms with van der Waals surface area (Å²) in [6, 6.07) is 16.9. The minimum Gasteiger partial charge on any atom is -0.336 e. The molecule has 0 spiro atoms. The number of hydrogen-bond donors (Lipinski definition) is 0. The van der Waals surface area contributed by atoms with E-state index >= 15 is 0 Å². The smallest absolute Gasteiger partial charge is 0.267 e. The molecule has 1 aromatic carbocycles. The average molecular weight is 457 g/mol. The third kappa shape index (κ3) is 4.01. The summed E-state index contributed by atoms with van der Waals surface area (Å²) in [5.41, 5.74) is 4.49. The van der Waals surface area contributed by atoms with Crippen molar-refractivity contribution in [2.45, 2.75) is 19.9 Å². The molecular formula is C26H28N6O2. The summed E-state index contributed by atoms with van der Waals surface area (Å²) >= 11 is 0. The molecule has 4 aromatic rings. The van der Waals surface area contributed by atoms with Crippen molar-refractivity contribution in [3.63, 3.8) is 0 Å². The number of amides is 1. The van der Waals surface area contributed by atoms with Gasteiger partial charge in [-0.2, -0.15) is 10.2 Å². The van der Waals surface area contributed by atoms with Gasteiger partial charge < -0.3 is 9.80 Å². The number of fused-ring (bicyclic) bond motifs is 1. The molecule has 1 aliphatic rings. The standard InChI is InChI=1S/C26H28N6O2/c1-18(2)32-23(33)12-10-21(27-32)24-22-11-9-20(26(34)30-15-13-29(3)14-16-30)17-31(22)28-25(24)19-7-5-4-6-8-19/h4-12,17-18H,13-16H2,1-3H3. The number of rotatable bonds is 4. The zero-order valence-electron chi connectivity index (χ0n) is 19.7. The molecule has 0 N–H and O–H groups in total. The van der Waals surface area contributed by atoms with Gasteiger partial charge in [0.15, 0.2) is 0 Å². The highest BCUT2D eigenvalue weighted by molar-refractivity contribution is 5.96. The molecule has 0 bridgehead atoms. The Morgan fingerprint density at radius 2 is 1.65 bits per heavy atom. The Kier molecular flexibility index (Phi) is 5.75. The molecule has 34 heavy (non-hydrogen) atoms. The number of likely N-dealkylation sites (N-methyl/N-ethyl adjacent to an activating group) is 1. The van der Waals surface area contributed by atoms with E-state index in [0.717, 1.165) is 35.4 Å². The van der Waals surface area contributed by atoms with Crippen LogP contribution in [0.3, 0.4) is 0 Å². The Labute approximate surface area is 198 Å². The molecule has 1 amide bonds. The van der Waals surface area contributed by atoms with Gasteiger partial charge in [-0.25, -0.2) is 9.20 Å². The number of pyridine rings is 1. The molecule has 8 nitrogen and oxygen atoms in total. The zero-order chi connectivity index (χ0) is 23.8. The molecule has 0 unspecified atom stereocenters. The first kappa shape index (κ1) is 22.0. The van der Waals surface area contributed by atoms with Crippen molar-refractivity contribution in [3.05, 3.63) is 76.7 Å². The van der Waals surface area contributed by atoms with E-state index in [9.17, 15) is 9.59 Å². The van der Waals surface area contributed by atoms with Crippen molar-refractivity contribution in [2.24, 2.45) is 0 Å². The largest absolute Gasteiger partial charge is 0.336 e. The summed E-state index contributed by atoms with van der Waals surface area (Å²) in [6.07, 6.45) is 1.80. The molecule has 1 saturated heterocycles. The number of aromatic nitrogens is 4. The Balaban J connectivity index is 1.64. The van der Waals surface area contributed by atoms with Crippen molar-refractivity contribution in [1.29, 1.82) is 0 Å². The second kappa shape index (κ2) is 8.87. The van der Waals surface area contributed by atoms with Crippen molar-refractivity contribution < 1.29 is 4.79 Å². The number of nitrogens with zero attached hydrogens (tertiary/aromatic N) is 6. The molecule has 1 aliphatic heterocycles. The first-order chi connectivity index (χ1) is 16.4. The van der Waals surface area contributed by atoms with Crippen LogP contribution in [0, 0.1) is 0 Å². The highest BCUT2D eigenvalue weighted by atomic mass is 16.2. The van der Waals surface area contributed by atoms with Gasteiger partial charge in [-0.15, -0.1) is 0 Å². The van der Waals surface area contributed by atoms with Crippen LogP contribution in [0.5, 0.6) is 0 Å². The molecule has 0 atom stereocenters. The third-order valence-electron chi connectivity index (χ3n) is 6.28. The van der Waals surface area contributed by atoms with Crippen LogP contribution in [-0.4, -0.2) is 68.3 Å². The van der Waals surface area contributed by atoms with Gasteiger partial charge in [-0.1, -0.05) is 30.3 Å². The Hall–Kier alpha value is -3.78. The number of hydrogen-bond acceptors (Lipinski definition) is 5. The number of benzene rings is 1. The SMILES string of the molecule is CC(C)n1nc(-c2c(-c3ccccc3)nn3cc(C(=O)N4CCN(C)CC4)ccc23)ccc1=O. The topological polar surface area (TPSA) is 75.7 Å². The van der Waals surface area contributed by atoms with Crippen LogP contribution in [0.1, 0.15) is 30.2 Å². The highest BCUT2D eigenvalue weighted by Gasteiger charge is 2.23. The van der Waals surface area contributed by atoms with Crippen LogP contribution in [-0.2, 0) is 0 Å². The summed E-state index contributed by atoms with van der Waals surface area (Å²) in [6.45, 7) is 7.04. The minimum atomic E-state index is -0.142. The predicted molar refractivity (Wildman–Crippen MR) is 132 cm³/mol. The van der Waals surface area contributed by atoms with Crippen LogP contribution in [0.25, 0.3) is 28.0 Å². The minimum absolute atomic E-state index is 0.0137. The quantitative estimate of drug-likeness (QED) is 0.471. The molecular weight excluding hydrogens is 428 g/mol. The van der Waals surface area contributed by atoms with Crippen LogP contribution in [0.2, 0.25) is 0 Å². The van der Waals surface area contributed by atoms with Crippen molar-refractivity contribution in [3.8, 4) is 22.5 Å². The summed E-state index contributed by atoms with van der Waals surface area (Å²) < 4.78 is 3.24. The van der Waals surface area contributed by atoms with Crippen LogP contribution in [0.15, 0.2) is 65.6 Å². The Bertz CT molecular complexity index is 1400. The van der Waals surface area contributed by atoms with E-state index in [1.54, 1.807) is 22.8 Å². The van der Waals surface area contributed by atoms with Gasteiger partial charge in [0.05, 0.1) is 28.4 Å². The second-order valence-electron chi connectivity index (χ2n) is 9.03. The molecule has 1 fully saturated rings. The molecule has 0 aliphatic carbocycles.